The molecule has 0 fully saturated rings. The zero-order valence-corrected chi connectivity index (χ0v) is 11.3. The molecule has 3 heterocycles. The number of carbonyl (C=O) groups is 1. The van der Waals surface area contributed by atoms with Crippen LogP contribution in [0.4, 0.5) is 0 Å². The van der Waals surface area contributed by atoms with Gasteiger partial charge in [-0.05, 0) is 25.1 Å². The lowest BCUT2D eigenvalue weighted by Crippen LogP contribution is -2.01. The number of imidazole rings is 1. The summed E-state index contributed by atoms with van der Waals surface area (Å²) in [5, 5.41) is 0.918. The third kappa shape index (κ3) is 1.82. The Morgan fingerprint density at radius 3 is 2.86 bits per heavy atom. The van der Waals surface area contributed by atoms with Crippen LogP contribution in [0.3, 0.4) is 0 Å². The monoisotopic (exact) mass is 277 g/mol. The molecule has 0 unspecified atom stereocenters. The lowest BCUT2D eigenvalue weighted by atomic mass is 10.2. The highest BCUT2D eigenvalue weighted by Gasteiger charge is 2.18. The topological polar surface area (TPSA) is 71.8 Å². The average Bonchev–Trinajstić information content (AvgIpc) is 3.12. The summed E-state index contributed by atoms with van der Waals surface area (Å²) in [6, 6.07) is 11.1. The maximum Gasteiger partial charge on any atom is 0.263 e. The molecule has 0 bridgehead atoms. The minimum Gasteiger partial charge on any atom is -0.458 e. The normalized spacial score (nSPS) is 11.3. The van der Waals surface area contributed by atoms with Gasteiger partial charge in [0.15, 0.2) is 11.6 Å². The van der Waals surface area contributed by atoms with Crippen LogP contribution >= 0.6 is 0 Å². The fourth-order valence-corrected chi connectivity index (χ4v) is 2.39. The van der Waals surface area contributed by atoms with Gasteiger partial charge in [-0.15, -0.1) is 0 Å². The van der Waals surface area contributed by atoms with Crippen molar-refractivity contribution in [1.29, 1.82) is 0 Å². The Kier molecular flexibility index (Phi) is 2.41. The molecule has 4 aromatic rings. The summed E-state index contributed by atoms with van der Waals surface area (Å²) in [5.74, 6) is 0.978. The van der Waals surface area contributed by atoms with Crippen molar-refractivity contribution in [2.45, 2.75) is 6.92 Å². The lowest BCUT2D eigenvalue weighted by Gasteiger charge is -1.95. The number of nitrogens with zero attached hydrogens (tertiary/aromatic N) is 2. The number of aromatic amines is 1. The third-order valence-corrected chi connectivity index (χ3v) is 3.40. The summed E-state index contributed by atoms with van der Waals surface area (Å²) in [4.78, 5) is 24.1. The molecule has 5 heteroatoms. The number of pyridine rings is 1. The number of fused-ring (bicyclic) bond motifs is 3. The highest BCUT2D eigenvalue weighted by Crippen LogP contribution is 2.22. The molecule has 0 atom stereocenters. The molecular weight excluding hydrogens is 266 g/mol. The summed E-state index contributed by atoms with van der Waals surface area (Å²) in [5.41, 5.74) is 2.33. The van der Waals surface area contributed by atoms with Crippen molar-refractivity contribution in [3.8, 4) is 0 Å². The number of nitrogens with one attached hydrogen (secondary N) is 1. The molecule has 1 N–H and O–H groups in total. The van der Waals surface area contributed by atoms with Gasteiger partial charge < -0.3 is 9.40 Å². The molecule has 102 valence electrons. The van der Waals surface area contributed by atoms with E-state index in [1.807, 2.05) is 24.3 Å². The van der Waals surface area contributed by atoms with Crippen LogP contribution in [0, 0.1) is 6.92 Å². The standard InChI is InChI=1S/C16H11N3O2/c1-9-6-7-13(21-9)15(20)16-18-12-8-17-11-5-3-2-4-10(11)14(12)19-16/h2-8H,1H3,(H,18,19). The number of para-hydroxylation sites is 1. The Hall–Kier alpha value is -2.95. The van der Waals surface area contributed by atoms with Crippen LogP contribution in [0.2, 0.25) is 0 Å². The number of hydrogen-bond donors (Lipinski definition) is 1. The Labute approximate surface area is 119 Å². The van der Waals surface area contributed by atoms with Gasteiger partial charge in [0.25, 0.3) is 5.78 Å². The number of H-pyrrole nitrogens is 1. The van der Waals surface area contributed by atoms with Crippen LogP contribution in [-0.4, -0.2) is 20.7 Å². The van der Waals surface area contributed by atoms with Crippen LogP contribution in [0.25, 0.3) is 21.9 Å². The predicted octanol–water partition coefficient (Wildman–Crippen LogP) is 3.24. The van der Waals surface area contributed by atoms with Gasteiger partial charge in [0.1, 0.15) is 11.3 Å². The predicted molar refractivity (Wildman–Crippen MR) is 78.3 cm³/mol. The zero-order valence-electron chi connectivity index (χ0n) is 11.3. The Morgan fingerprint density at radius 1 is 1.19 bits per heavy atom. The Balaban J connectivity index is 1.91. The summed E-state index contributed by atoms with van der Waals surface area (Å²) in [7, 11) is 0. The molecule has 0 saturated heterocycles. The van der Waals surface area contributed by atoms with Gasteiger partial charge >= 0.3 is 0 Å². The maximum atomic E-state index is 12.4. The van der Waals surface area contributed by atoms with Crippen molar-refractivity contribution in [2.75, 3.05) is 0 Å². The van der Waals surface area contributed by atoms with E-state index < -0.39 is 0 Å². The molecular formula is C16H11N3O2. The fourth-order valence-electron chi connectivity index (χ4n) is 2.39. The van der Waals surface area contributed by atoms with Crippen molar-refractivity contribution in [3.05, 3.63) is 59.9 Å². The van der Waals surface area contributed by atoms with E-state index in [1.165, 1.54) is 0 Å². The summed E-state index contributed by atoms with van der Waals surface area (Å²) >= 11 is 0. The minimum atomic E-state index is -0.261. The molecule has 3 aromatic heterocycles. The molecule has 21 heavy (non-hydrogen) atoms. The van der Waals surface area contributed by atoms with E-state index in [0.29, 0.717) is 5.76 Å². The van der Waals surface area contributed by atoms with Crippen LogP contribution in [-0.2, 0) is 0 Å². The summed E-state index contributed by atoms with van der Waals surface area (Å²) in [6.45, 7) is 1.80. The molecule has 0 aliphatic carbocycles. The first-order valence-corrected chi connectivity index (χ1v) is 6.57. The minimum absolute atomic E-state index is 0.261. The van der Waals surface area contributed by atoms with E-state index in [9.17, 15) is 4.79 Å². The number of benzene rings is 1. The number of rotatable bonds is 2. The first kappa shape index (κ1) is 11.8. The highest BCUT2D eigenvalue weighted by atomic mass is 16.3. The van der Waals surface area contributed by atoms with Gasteiger partial charge in [-0.2, -0.15) is 0 Å². The molecule has 4 rings (SSSR count). The Bertz CT molecular complexity index is 981. The lowest BCUT2D eigenvalue weighted by molar-refractivity contribution is 0.0999. The second-order valence-corrected chi connectivity index (χ2v) is 4.86. The van der Waals surface area contributed by atoms with Crippen molar-refractivity contribution in [2.24, 2.45) is 0 Å². The first-order valence-electron chi connectivity index (χ1n) is 6.57. The molecule has 0 aliphatic rings. The van der Waals surface area contributed by atoms with E-state index in [2.05, 4.69) is 15.0 Å². The second kappa shape index (κ2) is 4.28. The molecule has 5 nitrogen and oxygen atoms in total. The highest BCUT2D eigenvalue weighted by molar-refractivity contribution is 6.09. The molecule has 0 amide bonds. The van der Waals surface area contributed by atoms with E-state index in [1.54, 1.807) is 25.3 Å². The largest absolute Gasteiger partial charge is 0.458 e. The average molecular weight is 277 g/mol. The van der Waals surface area contributed by atoms with Gasteiger partial charge in [-0.3, -0.25) is 9.78 Å². The van der Waals surface area contributed by atoms with Gasteiger partial charge in [-0.1, -0.05) is 18.2 Å². The van der Waals surface area contributed by atoms with Crippen LogP contribution in [0.5, 0.6) is 0 Å². The van der Waals surface area contributed by atoms with Gasteiger partial charge in [0.05, 0.1) is 17.2 Å². The van der Waals surface area contributed by atoms with Crippen molar-refractivity contribution < 1.29 is 9.21 Å². The fraction of sp³-hybridized carbons (Fsp3) is 0.0625. The molecule has 0 aliphatic heterocycles. The van der Waals surface area contributed by atoms with Crippen LogP contribution in [0.15, 0.2) is 47.0 Å². The number of furan rings is 1. The molecule has 0 radical (unpaired) electrons. The second-order valence-electron chi connectivity index (χ2n) is 4.86. The van der Waals surface area contributed by atoms with E-state index in [-0.39, 0.29) is 17.4 Å². The van der Waals surface area contributed by atoms with Crippen molar-refractivity contribution >= 4 is 27.7 Å². The first-order chi connectivity index (χ1) is 10.2. The van der Waals surface area contributed by atoms with E-state index in [4.69, 9.17) is 4.42 Å². The van der Waals surface area contributed by atoms with E-state index in [0.717, 1.165) is 21.9 Å². The molecule has 1 aromatic carbocycles. The number of aromatic nitrogens is 3. The van der Waals surface area contributed by atoms with Gasteiger partial charge in [0.2, 0.25) is 0 Å². The van der Waals surface area contributed by atoms with Gasteiger partial charge in [0, 0.05) is 5.39 Å². The van der Waals surface area contributed by atoms with Gasteiger partial charge in [-0.25, -0.2) is 4.98 Å². The summed E-state index contributed by atoms with van der Waals surface area (Å²) in [6.07, 6.45) is 1.69. The molecule has 0 saturated carbocycles. The number of ketones is 1. The van der Waals surface area contributed by atoms with Crippen LogP contribution < -0.4 is 0 Å². The number of carbonyl (C=O) groups excluding carboxylic acids is 1. The van der Waals surface area contributed by atoms with Crippen molar-refractivity contribution in [1.82, 2.24) is 15.0 Å². The molecule has 0 spiro atoms. The Morgan fingerprint density at radius 2 is 2.05 bits per heavy atom. The smallest absolute Gasteiger partial charge is 0.263 e. The van der Waals surface area contributed by atoms with Crippen molar-refractivity contribution in [3.63, 3.8) is 0 Å². The zero-order chi connectivity index (χ0) is 14.4. The van der Waals surface area contributed by atoms with Crippen LogP contribution in [0.1, 0.15) is 22.1 Å². The quantitative estimate of drug-likeness (QED) is 0.571. The van der Waals surface area contributed by atoms with E-state index >= 15 is 0 Å². The third-order valence-electron chi connectivity index (χ3n) is 3.40. The summed E-state index contributed by atoms with van der Waals surface area (Å²) < 4.78 is 5.36. The maximum absolute atomic E-state index is 12.4. The SMILES string of the molecule is Cc1ccc(C(=O)c2nc3c(cnc4ccccc43)[nH]2)o1. The number of aryl methyl sites for hydroxylation is 1. The number of hydrogen-bond acceptors (Lipinski definition) is 4.